The Morgan fingerprint density at radius 2 is 1.58 bits per heavy atom. The highest BCUT2D eigenvalue weighted by Crippen LogP contribution is 2.26. The molecule has 2 aromatic rings. The molecular formula is C26H34N2O4S. The fourth-order valence-electron chi connectivity index (χ4n) is 4.83. The molecular weight excluding hydrogens is 436 g/mol. The quantitative estimate of drug-likeness (QED) is 0.427. The lowest BCUT2D eigenvalue weighted by Gasteiger charge is -2.34. The Balaban J connectivity index is 1.33. The van der Waals surface area contributed by atoms with E-state index in [0.717, 1.165) is 39.0 Å². The van der Waals surface area contributed by atoms with E-state index in [1.54, 1.807) is 49.4 Å². The van der Waals surface area contributed by atoms with Crippen LogP contribution in [0.5, 0.6) is 5.75 Å². The largest absolute Gasteiger partial charge is 0.379 e. The molecule has 0 aromatic heterocycles. The van der Waals surface area contributed by atoms with Gasteiger partial charge in [-0.05, 0) is 82.5 Å². The maximum absolute atomic E-state index is 13.1. The van der Waals surface area contributed by atoms with E-state index < -0.39 is 10.1 Å². The molecule has 0 amide bonds. The fraction of sp³-hybridized carbons (Fsp3) is 0.500. The lowest BCUT2D eigenvalue weighted by Crippen LogP contribution is -2.42. The summed E-state index contributed by atoms with van der Waals surface area (Å²) >= 11 is 0. The van der Waals surface area contributed by atoms with Gasteiger partial charge in [0.2, 0.25) is 0 Å². The molecule has 0 spiro atoms. The minimum absolute atomic E-state index is 0.0283. The van der Waals surface area contributed by atoms with Gasteiger partial charge in [0.15, 0.2) is 5.78 Å². The predicted molar refractivity (Wildman–Crippen MR) is 129 cm³/mol. The van der Waals surface area contributed by atoms with Crippen LogP contribution >= 0.6 is 0 Å². The van der Waals surface area contributed by atoms with E-state index in [1.807, 2.05) is 0 Å². The van der Waals surface area contributed by atoms with Gasteiger partial charge in [-0.15, -0.1) is 0 Å². The number of nitrogens with zero attached hydrogens (tertiary/aromatic N) is 2. The van der Waals surface area contributed by atoms with Crippen molar-refractivity contribution in [2.75, 3.05) is 39.3 Å². The van der Waals surface area contributed by atoms with Crippen molar-refractivity contribution >= 4 is 15.9 Å². The summed E-state index contributed by atoms with van der Waals surface area (Å²) in [5.74, 6) is 0.215. The second kappa shape index (κ2) is 10.8. The molecule has 0 N–H and O–H groups in total. The number of aryl methyl sites for hydroxylation is 1. The Kier molecular flexibility index (Phi) is 7.83. The van der Waals surface area contributed by atoms with Gasteiger partial charge in [-0.25, -0.2) is 0 Å². The van der Waals surface area contributed by atoms with Crippen LogP contribution in [-0.4, -0.2) is 63.3 Å². The number of piperidine rings is 2. The highest BCUT2D eigenvalue weighted by atomic mass is 32.2. The van der Waals surface area contributed by atoms with Gasteiger partial charge in [0, 0.05) is 24.6 Å². The third-order valence-electron chi connectivity index (χ3n) is 6.83. The Morgan fingerprint density at radius 3 is 2.27 bits per heavy atom. The maximum atomic E-state index is 13.1. The molecule has 2 heterocycles. The van der Waals surface area contributed by atoms with E-state index in [9.17, 15) is 13.2 Å². The summed E-state index contributed by atoms with van der Waals surface area (Å²) in [4.78, 5) is 18.3. The summed E-state index contributed by atoms with van der Waals surface area (Å²) in [7, 11) is -3.96. The van der Waals surface area contributed by atoms with Crippen LogP contribution in [0.2, 0.25) is 0 Å². The van der Waals surface area contributed by atoms with Crippen LogP contribution in [0.3, 0.4) is 0 Å². The zero-order valence-electron chi connectivity index (χ0n) is 19.4. The smallest absolute Gasteiger partial charge is 0.339 e. The first-order chi connectivity index (χ1) is 15.9. The number of carbonyl (C=O) groups is 1. The van der Waals surface area contributed by atoms with Gasteiger partial charge in [-0.1, -0.05) is 36.8 Å². The van der Waals surface area contributed by atoms with E-state index in [-0.39, 0.29) is 22.3 Å². The average Bonchev–Trinajstić information content (AvgIpc) is 2.83. The van der Waals surface area contributed by atoms with Gasteiger partial charge in [-0.3, -0.25) is 4.79 Å². The monoisotopic (exact) mass is 470 g/mol. The number of Topliss-reactive ketones (excluding diaryl/α,β-unsaturated/α-hetero) is 1. The van der Waals surface area contributed by atoms with Gasteiger partial charge in [-0.2, -0.15) is 8.42 Å². The minimum atomic E-state index is -3.96. The maximum Gasteiger partial charge on any atom is 0.339 e. The first-order valence-corrected chi connectivity index (χ1v) is 13.4. The number of carbonyl (C=O) groups excluding carboxylic acids is 1. The molecule has 4 rings (SSSR count). The Labute approximate surface area is 197 Å². The fourth-order valence-corrected chi connectivity index (χ4v) is 5.98. The molecule has 2 aromatic carbocycles. The predicted octanol–water partition coefficient (Wildman–Crippen LogP) is 4.14. The lowest BCUT2D eigenvalue weighted by molar-refractivity contribution is 0.0825. The third kappa shape index (κ3) is 6.22. The molecule has 0 radical (unpaired) electrons. The van der Waals surface area contributed by atoms with Gasteiger partial charge in [0.1, 0.15) is 10.6 Å². The zero-order chi connectivity index (χ0) is 23.3. The topological polar surface area (TPSA) is 66.9 Å². The van der Waals surface area contributed by atoms with Gasteiger partial charge in [0.25, 0.3) is 0 Å². The van der Waals surface area contributed by atoms with Crippen LogP contribution in [0, 0.1) is 12.8 Å². The van der Waals surface area contributed by atoms with Gasteiger partial charge < -0.3 is 14.0 Å². The molecule has 2 saturated heterocycles. The lowest BCUT2D eigenvalue weighted by atomic mass is 9.89. The third-order valence-corrected chi connectivity index (χ3v) is 8.24. The van der Waals surface area contributed by atoms with E-state index in [1.165, 1.54) is 38.4 Å². The van der Waals surface area contributed by atoms with Crippen molar-refractivity contribution in [3.63, 3.8) is 0 Å². The number of hydrogen-bond donors (Lipinski definition) is 0. The molecule has 2 aliphatic heterocycles. The van der Waals surface area contributed by atoms with Crippen molar-refractivity contribution in [3.05, 3.63) is 59.7 Å². The van der Waals surface area contributed by atoms with Crippen LogP contribution in [0.15, 0.2) is 53.4 Å². The summed E-state index contributed by atoms with van der Waals surface area (Å²) < 4.78 is 30.8. The summed E-state index contributed by atoms with van der Waals surface area (Å²) in [5, 5.41) is 0. The Hall–Kier alpha value is -2.22. The SMILES string of the molecule is Cc1ccccc1S(=O)(=O)Oc1cccc(C(=O)C2CCN(CCN3CCCCC3)CC2)c1. The van der Waals surface area contributed by atoms with Crippen LogP contribution in [0.25, 0.3) is 0 Å². The Morgan fingerprint density at radius 1 is 0.909 bits per heavy atom. The average molecular weight is 471 g/mol. The second-order valence-electron chi connectivity index (χ2n) is 9.21. The van der Waals surface area contributed by atoms with Crippen molar-refractivity contribution in [2.24, 2.45) is 5.92 Å². The van der Waals surface area contributed by atoms with E-state index in [2.05, 4.69) is 9.80 Å². The zero-order valence-corrected chi connectivity index (χ0v) is 20.2. The number of ketones is 1. The van der Waals surface area contributed by atoms with Crippen LogP contribution in [-0.2, 0) is 10.1 Å². The first kappa shape index (κ1) is 23.9. The summed E-state index contributed by atoms with van der Waals surface area (Å²) in [6.07, 6.45) is 5.65. The molecule has 0 bridgehead atoms. The van der Waals surface area contributed by atoms with Crippen molar-refractivity contribution in [3.8, 4) is 5.75 Å². The second-order valence-corrected chi connectivity index (χ2v) is 10.7. The molecule has 6 nitrogen and oxygen atoms in total. The molecule has 0 atom stereocenters. The van der Waals surface area contributed by atoms with Gasteiger partial charge in [0.05, 0.1) is 0 Å². The molecule has 33 heavy (non-hydrogen) atoms. The summed E-state index contributed by atoms with van der Waals surface area (Å²) in [5.41, 5.74) is 1.14. The number of likely N-dealkylation sites (tertiary alicyclic amines) is 2. The van der Waals surface area contributed by atoms with E-state index in [4.69, 9.17) is 4.18 Å². The summed E-state index contributed by atoms with van der Waals surface area (Å²) in [6.45, 7) is 8.22. The molecule has 7 heteroatoms. The standard InChI is InChI=1S/C26H34N2O4S/c1-21-8-3-4-11-25(21)33(30,31)32-24-10-7-9-23(20-24)26(29)22-12-16-28(17-13-22)19-18-27-14-5-2-6-15-27/h3-4,7-11,20,22H,2,5-6,12-19H2,1H3. The van der Waals surface area contributed by atoms with Crippen LogP contribution in [0.1, 0.15) is 48.0 Å². The van der Waals surface area contributed by atoms with Gasteiger partial charge >= 0.3 is 10.1 Å². The summed E-state index contributed by atoms with van der Waals surface area (Å²) in [6, 6.07) is 13.3. The van der Waals surface area contributed by atoms with E-state index in [0.29, 0.717) is 11.1 Å². The first-order valence-electron chi connectivity index (χ1n) is 12.0. The molecule has 0 unspecified atom stereocenters. The van der Waals surface area contributed by atoms with Crippen LogP contribution < -0.4 is 4.18 Å². The molecule has 2 aliphatic rings. The van der Waals surface area contributed by atoms with E-state index >= 15 is 0 Å². The van der Waals surface area contributed by atoms with Crippen molar-refractivity contribution < 1.29 is 17.4 Å². The molecule has 178 valence electrons. The number of rotatable bonds is 8. The number of benzene rings is 2. The van der Waals surface area contributed by atoms with Crippen molar-refractivity contribution in [1.82, 2.24) is 9.80 Å². The highest BCUT2D eigenvalue weighted by Gasteiger charge is 2.27. The molecule has 2 fully saturated rings. The molecule has 0 aliphatic carbocycles. The minimum Gasteiger partial charge on any atom is -0.379 e. The number of hydrogen-bond acceptors (Lipinski definition) is 6. The highest BCUT2D eigenvalue weighted by molar-refractivity contribution is 7.87. The van der Waals surface area contributed by atoms with Crippen LogP contribution in [0.4, 0.5) is 0 Å². The Bertz CT molecular complexity index is 1060. The van der Waals surface area contributed by atoms with Crippen molar-refractivity contribution in [2.45, 2.75) is 43.9 Å². The normalized spacial score (nSPS) is 18.8. The molecule has 0 saturated carbocycles. The van der Waals surface area contributed by atoms with Crippen molar-refractivity contribution in [1.29, 1.82) is 0 Å².